The lowest BCUT2D eigenvalue weighted by atomic mass is 9.84. The zero-order valence-corrected chi connectivity index (χ0v) is 13.2. The molecule has 0 atom stereocenters. The molecule has 20 heavy (non-hydrogen) atoms. The molecule has 0 spiro atoms. The number of amides is 1. The third-order valence-corrected chi connectivity index (χ3v) is 3.74. The van der Waals surface area contributed by atoms with Crippen LogP contribution in [0.15, 0.2) is 16.6 Å². The smallest absolute Gasteiger partial charge is 0.224 e. The van der Waals surface area contributed by atoms with E-state index in [1.54, 1.807) is 0 Å². The number of nitrogens with one attached hydrogen (secondary N) is 1. The molecular weight excluding hydrogens is 330 g/mol. The van der Waals surface area contributed by atoms with Gasteiger partial charge in [-0.3, -0.25) is 4.79 Å². The van der Waals surface area contributed by atoms with Crippen molar-refractivity contribution in [2.24, 2.45) is 11.1 Å². The number of carbonyl (C=O) groups is 1. The highest BCUT2D eigenvalue weighted by atomic mass is 79.9. The summed E-state index contributed by atoms with van der Waals surface area (Å²) < 4.78 is 26.7. The van der Waals surface area contributed by atoms with Crippen LogP contribution in [-0.4, -0.2) is 12.5 Å². The van der Waals surface area contributed by atoms with Gasteiger partial charge in [-0.2, -0.15) is 0 Å². The van der Waals surface area contributed by atoms with E-state index in [-0.39, 0.29) is 27.9 Å². The molecule has 1 aromatic rings. The fraction of sp³-hybridized carbons (Fsp3) is 0.500. The molecule has 0 bridgehead atoms. The Kier molecular flexibility index (Phi) is 6.07. The first-order chi connectivity index (χ1) is 9.25. The molecule has 0 aromatic heterocycles. The molecule has 0 saturated heterocycles. The number of carbonyl (C=O) groups excluding carboxylic acids is 1. The molecule has 3 N–H and O–H groups in total. The monoisotopic (exact) mass is 348 g/mol. The maximum Gasteiger partial charge on any atom is 0.224 e. The van der Waals surface area contributed by atoms with Crippen LogP contribution in [0.5, 0.6) is 0 Å². The number of anilines is 1. The van der Waals surface area contributed by atoms with Gasteiger partial charge in [0.2, 0.25) is 5.91 Å². The standard InChI is InChI=1S/C14H19BrF2N2O/c1-14(2,5-6-18)4-3-13(20)19-12-7-9(15)10(16)8-11(12)17/h7-8H,3-6,18H2,1-2H3,(H,19,20). The minimum Gasteiger partial charge on any atom is -0.330 e. The van der Waals surface area contributed by atoms with E-state index in [4.69, 9.17) is 5.73 Å². The highest BCUT2D eigenvalue weighted by molar-refractivity contribution is 9.10. The zero-order chi connectivity index (χ0) is 15.3. The number of rotatable bonds is 6. The van der Waals surface area contributed by atoms with Gasteiger partial charge in [-0.05, 0) is 46.8 Å². The molecule has 0 radical (unpaired) electrons. The molecule has 1 amide bonds. The summed E-state index contributed by atoms with van der Waals surface area (Å²) in [4.78, 5) is 11.8. The highest BCUT2D eigenvalue weighted by Gasteiger charge is 2.19. The maximum atomic E-state index is 13.5. The average Bonchev–Trinajstić information content (AvgIpc) is 2.34. The molecule has 0 unspecified atom stereocenters. The molecule has 0 aliphatic carbocycles. The van der Waals surface area contributed by atoms with Crippen LogP contribution < -0.4 is 11.1 Å². The number of nitrogens with two attached hydrogens (primary N) is 1. The first kappa shape index (κ1) is 17.0. The predicted molar refractivity (Wildman–Crippen MR) is 79.4 cm³/mol. The van der Waals surface area contributed by atoms with Crippen LogP contribution in [0.25, 0.3) is 0 Å². The van der Waals surface area contributed by atoms with Crippen molar-refractivity contribution in [3.05, 3.63) is 28.2 Å². The third kappa shape index (κ3) is 5.17. The Labute approximate surface area is 126 Å². The molecule has 0 heterocycles. The normalized spacial score (nSPS) is 11.5. The van der Waals surface area contributed by atoms with E-state index in [0.29, 0.717) is 13.0 Å². The molecule has 3 nitrogen and oxygen atoms in total. The summed E-state index contributed by atoms with van der Waals surface area (Å²) in [5.74, 6) is -1.79. The summed E-state index contributed by atoms with van der Waals surface area (Å²) in [6.07, 6.45) is 1.73. The van der Waals surface area contributed by atoms with Gasteiger partial charge in [0.05, 0.1) is 10.2 Å². The molecule has 0 fully saturated rings. The van der Waals surface area contributed by atoms with Gasteiger partial charge in [-0.1, -0.05) is 13.8 Å². The lowest BCUT2D eigenvalue weighted by molar-refractivity contribution is -0.116. The van der Waals surface area contributed by atoms with Crippen molar-refractivity contribution in [1.29, 1.82) is 0 Å². The van der Waals surface area contributed by atoms with Crippen LogP contribution in [-0.2, 0) is 4.79 Å². The summed E-state index contributed by atoms with van der Waals surface area (Å²) in [6, 6.07) is 1.95. The molecule has 0 aliphatic heterocycles. The minimum atomic E-state index is -0.791. The Bertz CT molecular complexity index is 492. The molecule has 1 rings (SSSR count). The first-order valence-electron chi connectivity index (χ1n) is 6.39. The van der Waals surface area contributed by atoms with Gasteiger partial charge in [0.1, 0.15) is 11.6 Å². The molecule has 0 saturated carbocycles. The Morgan fingerprint density at radius 3 is 2.55 bits per heavy atom. The van der Waals surface area contributed by atoms with Crippen molar-refractivity contribution in [2.45, 2.75) is 33.1 Å². The minimum absolute atomic E-state index is 0.0279. The van der Waals surface area contributed by atoms with Crippen molar-refractivity contribution in [1.82, 2.24) is 0 Å². The van der Waals surface area contributed by atoms with E-state index in [9.17, 15) is 13.6 Å². The van der Waals surface area contributed by atoms with Gasteiger partial charge in [-0.15, -0.1) is 0 Å². The molecule has 1 aromatic carbocycles. The van der Waals surface area contributed by atoms with E-state index in [1.165, 1.54) is 6.07 Å². The molecular formula is C14H19BrF2N2O. The highest BCUT2D eigenvalue weighted by Crippen LogP contribution is 2.27. The third-order valence-electron chi connectivity index (χ3n) is 3.13. The lowest BCUT2D eigenvalue weighted by Crippen LogP contribution is -2.21. The number of hydrogen-bond acceptors (Lipinski definition) is 2. The van der Waals surface area contributed by atoms with Crippen LogP contribution in [0.4, 0.5) is 14.5 Å². The Balaban J connectivity index is 2.61. The van der Waals surface area contributed by atoms with Crippen LogP contribution in [0.3, 0.4) is 0 Å². The second kappa shape index (κ2) is 7.13. The number of halogens is 3. The second-order valence-electron chi connectivity index (χ2n) is 5.50. The largest absolute Gasteiger partial charge is 0.330 e. The Morgan fingerprint density at radius 1 is 1.30 bits per heavy atom. The Morgan fingerprint density at radius 2 is 1.95 bits per heavy atom. The van der Waals surface area contributed by atoms with Crippen LogP contribution in [0.1, 0.15) is 33.1 Å². The van der Waals surface area contributed by atoms with Gasteiger partial charge in [0.25, 0.3) is 0 Å². The van der Waals surface area contributed by atoms with Crippen molar-refractivity contribution >= 4 is 27.5 Å². The summed E-state index contributed by atoms with van der Waals surface area (Å²) in [5.41, 5.74) is 5.44. The van der Waals surface area contributed by atoms with E-state index >= 15 is 0 Å². The maximum absolute atomic E-state index is 13.5. The molecule has 0 aliphatic rings. The summed E-state index contributed by atoms with van der Waals surface area (Å²) in [5, 5.41) is 2.45. The zero-order valence-electron chi connectivity index (χ0n) is 11.6. The lowest BCUT2D eigenvalue weighted by Gasteiger charge is -2.23. The topological polar surface area (TPSA) is 55.1 Å². The Hall–Kier alpha value is -1.01. The van der Waals surface area contributed by atoms with E-state index in [2.05, 4.69) is 21.2 Å². The van der Waals surface area contributed by atoms with Crippen LogP contribution in [0, 0.1) is 17.0 Å². The van der Waals surface area contributed by atoms with Gasteiger partial charge in [0, 0.05) is 12.5 Å². The van der Waals surface area contributed by atoms with Crippen molar-refractivity contribution < 1.29 is 13.6 Å². The summed E-state index contributed by atoms with van der Waals surface area (Å²) in [7, 11) is 0. The van der Waals surface area contributed by atoms with Crippen LogP contribution >= 0.6 is 15.9 Å². The van der Waals surface area contributed by atoms with Gasteiger partial charge >= 0.3 is 0 Å². The molecule has 112 valence electrons. The molecule has 6 heteroatoms. The summed E-state index contributed by atoms with van der Waals surface area (Å²) in [6.45, 7) is 4.62. The van der Waals surface area contributed by atoms with Crippen LogP contribution in [0.2, 0.25) is 0 Å². The van der Waals surface area contributed by atoms with Gasteiger partial charge < -0.3 is 11.1 Å². The second-order valence-corrected chi connectivity index (χ2v) is 6.35. The quantitative estimate of drug-likeness (QED) is 0.767. The van der Waals surface area contributed by atoms with E-state index in [1.807, 2.05) is 13.8 Å². The fourth-order valence-electron chi connectivity index (χ4n) is 1.80. The SMILES string of the molecule is CC(C)(CCN)CCC(=O)Nc1cc(Br)c(F)cc1F. The van der Waals surface area contributed by atoms with Crippen molar-refractivity contribution in [2.75, 3.05) is 11.9 Å². The number of hydrogen-bond donors (Lipinski definition) is 2. The average molecular weight is 349 g/mol. The summed E-state index contributed by atoms with van der Waals surface area (Å²) >= 11 is 2.95. The van der Waals surface area contributed by atoms with Crippen molar-refractivity contribution in [3.8, 4) is 0 Å². The van der Waals surface area contributed by atoms with E-state index in [0.717, 1.165) is 12.5 Å². The fourth-order valence-corrected chi connectivity index (χ4v) is 2.14. The first-order valence-corrected chi connectivity index (χ1v) is 7.19. The van der Waals surface area contributed by atoms with Gasteiger partial charge in [0.15, 0.2) is 0 Å². The predicted octanol–water partition coefficient (Wildman–Crippen LogP) is 3.82. The van der Waals surface area contributed by atoms with Crippen molar-refractivity contribution in [3.63, 3.8) is 0 Å². The van der Waals surface area contributed by atoms with E-state index < -0.39 is 11.6 Å². The van der Waals surface area contributed by atoms with Gasteiger partial charge in [-0.25, -0.2) is 8.78 Å². The number of benzene rings is 1.